The lowest BCUT2D eigenvalue weighted by molar-refractivity contribution is 0.143. The van der Waals surface area contributed by atoms with Gasteiger partial charge in [-0.2, -0.15) is 0 Å². The molecular weight excluding hydrogens is 158 g/mol. The summed E-state index contributed by atoms with van der Waals surface area (Å²) in [7, 11) is 2.20. The Morgan fingerprint density at radius 3 is 2.69 bits per heavy atom. The number of hydrogen-bond acceptors (Lipinski definition) is 1. The van der Waals surface area contributed by atoms with Crippen LogP contribution in [0.4, 0.5) is 0 Å². The van der Waals surface area contributed by atoms with Crippen molar-refractivity contribution < 1.29 is 0 Å². The summed E-state index contributed by atoms with van der Waals surface area (Å²) < 4.78 is 0. The van der Waals surface area contributed by atoms with Gasteiger partial charge in [0.1, 0.15) is 0 Å². The third-order valence-corrected chi connectivity index (χ3v) is 3.35. The third kappa shape index (κ3) is 1.28. The van der Waals surface area contributed by atoms with Gasteiger partial charge in [0.15, 0.2) is 0 Å². The summed E-state index contributed by atoms with van der Waals surface area (Å²) >= 11 is 0. The molecule has 1 heteroatoms. The Morgan fingerprint density at radius 2 is 1.92 bits per heavy atom. The molecule has 0 aliphatic carbocycles. The highest BCUT2D eigenvalue weighted by Gasteiger charge is 2.30. The van der Waals surface area contributed by atoms with Crippen LogP contribution in [0, 0.1) is 0 Å². The maximum atomic E-state index is 2.43. The first kappa shape index (κ1) is 8.76. The van der Waals surface area contributed by atoms with Crippen LogP contribution in [-0.2, 0) is 12.0 Å². The molecule has 70 valence electrons. The van der Waals surface area contributed by atoms with Crippen LogP contribution in [0.25, 0.3) is 0 Å². The summed E-state index contributed by atoms with van der Waals surface area (Å²) in [5.41, 5.74) is 3.21. The Balaban J connectivity index is 2.52. The first-order valence-corrected chi connectivity index (χ1v) is 4.92. The highest BCUT2D eigenvalue weighted by molar-refractivity contribution is 5.35. The van der Waals surface area contributed by atoms with E-state index in [1.165, 1.54) is 24.1 Å². The van der Waals surface area contributed by atoms with Gasteiger partial charge in [-0.15, -0.1) is 0 Å². The molecule has 0 aromatic heterocycles. The van der Waals surface area contributed by atoms with Gasteiger partial charge < -0.3 is 0 Å². The molecule has 0 fully saturated rings. The Labute approximate surface area is 80.4 Å². The molecule has 0 unspecified atom stereocenters. The zero-order valence-electron chi connectivity index (χ0n) is 8.67. The monoisotopic (exact) mass is 175 g/mol. The van der Waals surface area contributed by atoms with Crippen molar-refractivity contribution in [1.82, 2.24) is 4.90 Å². The zero-order valence-corrected chi connectivity index (χ0v) is 8.67. The van der Waals surface area contributed by atoms with Crippen molar-refractivity contribution in [3.8, 4) is 0 Å². The molecule has 0 saturated heterocycles. The van der Waals surface area contributed by atoms with Crippen LogP contribution >= 0.6 is 0 Å². The Morgan fingerprint density at radius 1 is 1.23 bits per heavy atom. The summed E-state index contributed by atoms with van der Waals surface area (Å²) in [4.78, 5) is 2.43. The van der Waals surface area contributed by atoms with E-state index in [1.807, 2.05) is 0 Å². The van der Waals surface area contributed by atoms with Gasteiger partial charge in [-0.1, -0.05) is 24.3 Å². The van der Waals surface area contributed by atoms with E-state index < -0.39 is 0 Å². The number of fused-ring (bicyclic) bond motifs is 1. The summed E-state index contributed by atoms with van der Waals surface area (Å²) in [6.45, 7) is 5.76. The fourth-order valence-electron chi connectivity index (χ4n) is 2.11. The summed E-state index contributed by atoms with van der Waals surface area (Å²) in [5, 5.41) is 0. The van der Waals surface area contributed by atoms with Crippen LogP contribution in [0.15, 0.2) is 24.3 Å². The number of hydrogen-bond donors (Lipinski definition) is 0. The number of benzene rings is 1. The minimum absolute atomic E-state index is 0.203. The number of likely N-dealkylation sites (N-methyl/N-ethyl adjacent to an activating group) is 1. The Bertz CT molecular complexity index is 315. The fourth-order valence-corrected chi connectivity index (χ4v) is 2.11. The van der Waals surface area contributed by atoms with Crippen LogP contribution in [0.1, 0.15) is 25.0 Å². The van der Waals surface area contributed by atoms with Crippen LogP contribution in [0.3, 0.4) is 0 Å². The number of nitrogens with zero attached hydrogens (tertiary/aromatic N) is 1. The topological polar surface area (TPSA) is 3.24 Å². The summed E-state index contributed by atoms with van der Waals surface area (Å²) in [6.07, 6.45) is 1.19. The molecule has 1 aliphatic rings. The molecule has 0 bridgehead atoms. The van der Waals surface area contributed by atoms with E-state index in [0.717, 1.165) is 0 Å². The smallest absolute Gasteiger partial charge is 0.0404 e. The largest absolute Gasteiger partial charge is 0.297 e. The van der Waals surface area contributed by atoms with Crippen molar-refractivity contribution in [2.24, 2.45) is 0 Å². The first-order chi connectivity index (χ1) is 6.12. The van der Waals surface area contributed by atoms with Crippen LogP contribution in [0.2, 0.25) is 0 Å². The van der Waals surface area contributed by atoms with E-state index in [1.54, 1.807) is 0 Å². The van der Waals surface area contributed by atoms with Gasteiger partial charge in [-0.05, 0) is 38.4 Å². The molecule has 13 heavy (non-hydrogen) atoms. The molecule has 0 radical (unpaired) electrons. The molecule has 2 rings (SSSR count). The SMILES string of the molecule is CN1CCc2ccccc2C1(C)C. The van der Waals surface area contributed by atoms with Gasteiger partial charge in [0.05, 0.1) is 0 Å². The summed E-state index contributed by atoms with van der Waals surface area (Å²) in [6, 6.07) is 8.79. The second-order valence-corrected chi connectivity index (χ2v) is 4.39. The predicted molar refractivity (Wildman–Crippen MR) is 55.8 cm³/mol. The lowest BCUT2D eigenvalue weighted by Crippen LogP contribution is -2.43. The zero-order chi connectivity index (χ0) is 9.47. The number of rotatable bonds is 0. The standard InChI is InChI=1S/C12H17N/c1-12(2)11-7-5-4-6-10(11)8-9-13(12)3/h4-7H,8-9H2,1-3H3. The van der Waals surface area contributed by atoms with Crippen molar-refractivity contribution in [2.45, 2.75) is 25.8 Å². The third-order valence-electron chi connectivity index (χ3n) is 3.35. The highest BCUT2D eigenvalue weighted by atomic mass is 15.2. The van der Waals surface area contributed by atoms with Gasteiger partial charge >= 0.3 is 0 Å². The molecule has 1 heterocycles. The van der Waals surface area contributed by atoms with E-state index in [-0.39, 0.29) is 5.54 Å². The van der Waals surface area contributed by atoms with E-state index in [2.05, 4.69) is 50.1 Å². The molecule has 0 atom stereocenters. The van der Waals surface area contributed by atoms with Gasteiger partial charge in [0.25, 0.3) is 0 Å². The predicted octanol–water partition coefficient (Wildman–Crippen LogP) is 2.41. The maximum Gasteiger partial charge on any atom is 0.0404 e. The van der Waals surface area contributed by atoms with Crippen molar-refractivity contribution >= 4 is 0 Å². The maximum absolute atomic E-state index is 2.43. The van der Waals surface area contributed by atoms with E-state index >= 15 is 0 Å². The van der Waals surface area contributed by atoms with Crippen molar-refractivity contribution in [3.05, 3.63) is 35.4 Å². The Hall–Kier alpha value is -0.820. The van der Waals surface area contributed by atoms with E-state index in [4.69, 9.17) is 0 Å². The van der Waals surface area contributed by atoms with E-state index in [0.29, 0.717) is 0 Å². The van der Waals surface area contributed by atoms with Gasteiger partial charge in [0.2, 0.25) is 0 Å². The molecule has 0 N–H and O–H groups in total. The van der Waals surface area contributed by atoms with Gasteiger partial charge in [0, 0.05) is 12.1 Å². The quantitative estimate of drug-likeness (QED) is 0.585. The van der Waals surface area contributed by atoms with Crippen molar-refractivity contribution in [3.63, 3.8) is 0 Å². The second-order valence-electron chi connectivity index (χ2n) is 4.39. The molecule has 1 nitrogen and oxygen atoms in total. The lowest BCUT2D eigenvalue weighted by atomic mass is 9.84. The lowest BCUT2D eigenvalue weighted by Gasteiger charge is -2.41. The first-order valence-electron chi connectivity index (χ1n) is 4.92. The molecular formula is C12H17N. The highest BCUT2D eigenvalue weighted by Crippen LogP contribution is 2.33. The minimum Gasteiger partial charge on any atom is -0.297 e. The van der Waals surface area contributed by atoms with Gasteiger partial charge in [-0.3, -0.25) is 4.90 Å². The molecule has 1 aromatic carbocycles. The summed E-state index contributed by atoms with van der Waals surface area (Å²) in [5.74, 6) is 0. The normalized spacial score (nSPS) is 21.2. The second kappa shape index (κ2) is 2.85. The average Bonchev–Trinajstić information content (AvgIpc) is 2.13. The molecule has 0 spiro atoms. The molecule has 0 saturated carbocycles. The molecule has 1 aromatic rings. The minimum atomic E-state index is 0.203. The average molecular weight is 175 g/mol. The van der Waals surface area contributed by atoms with E-state index in [9.17, 15) is 0 Å². The molecule has 0 amide bonds. The molecule has 1 aliphatic heterocycles. The fraction of sp³-hybridized carbons (Fsp3) is 0.500. The van der Waals surface area contributed by atoms with Crippen molar-refractivity contribution in [1.29, 1.82) is 0 Å². The van der Waals surface area contributed by atoms with Crippen LogP contribution in [-0.4, -0.2) is 18.5 Å². The van der Waals surface area contributed by atoms with Gasteiger partial charge in [-0.25, -0.2) is 0 Å². The van der Waals surface area contributed by atoms with Crippen molar-refractivity contribution in [2.75, 3.05) is 13.6 Å². The van der Waals surface area contributed by atoms with Crippen LogP contribution < -0.4 is 0 Å². The Kier molecular flexibility index (Phi) is 1.92. The van der Waals surface area contributed by atoms with Crippen LogP contribution in [0.5, 0.6) is 0 Å².